The molecule has 0 amide bonds. The lowest BCUT2D eigenvalue weighted by Crippen LogP contribution is -2.50. The third-order valence-electron chi connectivity index (χ3n) is 2.91. The first-order valence-electron chi connectivity index (χ1n) is 5.42. The summed E-state index contributed by atoms with van der Waals surface area (Å²) in [6.07, 6.45) is 5.54. The second-order valence-corrected chi connectivity index (χ2v) is 4.42. The maximum absolute atomic E-state index is 6.02. The van der Waals surface area contributed by atoms with Gasteiger partial charge in [-0.25, -0.2) is 0 Å². The van der Waals surface area contributed by atoms with E-state index in [1.54, 1.807) is 0 Å². The summed E-state index contributed by atoms with van der Waals surface area (Å²) < 4.78 is 0. The van der Waals surface area contributed by atoms with E-state index >= 15 is 0 Å². The zero-order valence-electron chi connectivity index (χ0n) is 9.33. The van der Waals surface area contributed by atoms with E-state index < -0.39 is 0 Å². The van der Waals surface area contributed by atoms with Gasteiger partial charge in [0.15, 0.2) is 0 Å². The Hall–Kier alpha value is -1.17. The summed E-state index contributed by atoms with van der Waals surface area (Å²) in [5, 5.41) is 4.10. The van der Waals surface area contributed by atoms with Gasteiger partial charge >= 0.3 is 0 Å². The highest BCUT2D eigenvalue weighted by Crippen LogP contribution is 2.24. The summed E-state index contributed by atoms with van der Waals surface area (Å²) in [6.45, 7) is 4.77. The number of rotatable bonds is 1. The monoisotopic (exact) mass is 234 g/mol. The number of piperazine rings is 1. The Kier molecular flexibility index (Phi) is 3.38. The quantitative estimate of drug-likeness (QED) is 0.749. The zero-order chi connectivity index (χ0) is 11.5. The molecular formula is C13H15ClN2. The Balaban J connectivity index is 2.28. The Morgan fingerprint density at radius 1 is 1.56 bits per heavy atom. The van der Waals surface area contributed by atoms with Crippen molar-refractivity contribution in [1.29, 1.82) is 0 Å². The van der Waals surface area contributed by atoms with Crippen LogP contribution in [-0.4, -0.2) is 25.7 Å². The number of aryl methyl sites for hydroxylation is 1. The van der Waals surface area contributed by atoms with Crippen LogP contribution in [0, 0.1) is 19.3 Å². The van der Waals surface area contributed by atoms with Crippen LogP contribution in [0.1, 0.15) is 5.56 Å². The number of nitrogens with one attached hydrogen (secondary N) is 1. The first-order valence-corrected chi connectivity index (χ1v) is 5.80. The van der Waals surface area contributed by atoms with Crippen molar-refractivity contribution < 1.29 is 0 Å². The smallest absolute Gasteiger partial charge is 0.103 e. The summed E-state index contributed by atoms with van der Waals surface area (Å²) in [5.41, 5.74) is 2.25. The van der Waals surface area contributed by atoms with Crippen LogP contribution < -0.4 is 10.2 Å². The average Bonchev–Trinajstić information content (AvgIpc) is 2.32. The van der Waals surface area contributed by atoms with E-state index in [-0.39, 0.29) is 6.04 Å². The van der Waals surface area contributed by atoms with Crippen LogP contribution in [0.3, 0.4) is 0 Å². The molecule has 0 unspecified atom stereocenters. The minimum Gasteiger partial charge on any atom is -0.355 e. The molecule has 84 valence electrons. The molecular weight excluding hydrogens is 220 g/mol. The van der Waals surface area contributed by atoms with Crippen molar-refractivity contribution in [3.8, 4) is 12.3 Å². The van der Waals surface area contributed by atoms with Gasteiger partial charge < -0.3 is 10.2 Å². The van der Waals surface area contributed by atoms with E-state index in [0.717, 1.165) is 35.9 Å². The third-order valence-corrected chi connectivity index (χ3v) is 3.33. The zero-order valence-corrected chi connectivity index (χ0v) is 10.1. The van der Waals surface area contributed by atoms with Crippen LogP contribution in [0.5, 0.6) is 0 Å². The van der Waals surface area contributed by atoms with Crippen LogP contribution in [0.2, 0.25) is 5.02 Å². The molecule has 0 spiro atoms. The number of anilines is 1. The topological polar surface area (TPSA) is 15.3 Å². The molecule has 1 aromatic rings. The number of nitrogens with zero attached hydrogens (tertiary/aromatic N) is 1. The van der Waals surface area contributed by atoms with Crippen LogP contribution >= 0.6 is 11.6 Å². The highest BCUT2D eigenvalue weighted by atomic mass is 35.5. The Bertz CT molecular complexity index is 422. The molecule has 0 aliphatic carbocycles. The molecule has 1 saturated heterocycles. The van der Waals surface area contributed by atoms with Crippen molar-refractivity contribution in [2.45, 2.75) is 13.0 Å². The molecule has 16 heavy (non-hydrogen) atoms. The van der Waals surface area contributed by atoms with Gasteiger partial charge in [-0.1, -0.05) is 17.5 Å². The SMILES string of the molecule is C#C[C@@H]1CNCCN1c1ccc(Cl)c(C)c1. The van der Waals surface area contributed by atoms with E-state index in [0.29, 0.717) is 0 Å². The molecule has 1 N–H and O–H groups in total. The second kappa shape index (κ2) is 4.78. The van der Waals surface area contributed by atoms with Crippen molar-refractivity contribution in [2.24, 2.45) is 0 Å². The molecule has 0 radical (unpaired) electrons. The fourth-order valence-electron chi connectivity index (χ4n) is 1.97. The minimum atomic E-state index is 0.134. The maximum Gasteiger partial charge on any atom is 0.103 e. The van der Waals surface area contributed by atoms with Gasteiger partial charge in [-0.15, -0.1) is 6.42 Å². The molecule has 2 nitrogen and oxygen atoms in total. The van der Waals surface area contributed by atoms with Crippen molar-refractivity contribution in [3.05, 3.63) is 28.8 Å². The van der Waals surface area contributed by atoms with Crippen LogP contribution in [0.15, 0.2) is 18.2 Å². The standard InChI is InChI=1S/C13H15ClN2/c1-3-11-9-15-6-7-16(11)12-4-5-13(14)10(2)8-12/h1,4-5,8,11,15H,6-7,9H2,2H3/t11-/m1/s1. The van der Waals surface area contributed by atoms with Crippen LogP contribution in [0.25, 0.3) is 0 Å². The van der Waals surface area contributed by atoms with E-state index in [9.17, 15) is 0 Å². The molecule has 0 saturated carbocycles. The van der Waals surface area contributed by atoms with Crippen molar-refractivity contribution in [3.63, 3.8) is 0 Å². The molecule has 0 aromatic heterocycles. The van der Waals surface area contributed by atoms with Gasteiger partial charge in [-0.3, -0.25) is 0 Å². The first-order chi connectivity index (χ1) is 7.72. The molecule has 1 aromatic carbocycles. The Morgan fingerprint density at radius 3 is 3.06 bits per heavy atom. The predicted molar refractivity (Wildman–Crippen MR) is 69.0 cm³/mol. The predicted octanol–water partition coefficient (Wildman–Crippen LogP) is 2.06. The minimum absolute atomic E-state index is 0.134. The molecule has 2 rings (SSSR count). The summed E-state index contributed by atoms with van der Waals surface area (Å²) in [4.78, 5) is 2.25. The fraction of sp³-hybridized carbons (Fsp3) is 0.385. The van der Waals surface area contributed by atoms with Gasteiger partial charge in [0.1, 0.15) is 6.04 Å². The Morgan fingerprint density at radius 2 is 2.38 bits per heavy atom. The first kappa shape index (κ1) is 11.3. The van der Waals surface area contributed by atoms with Gasteiger partial charge in [0.05, 0.1) is 0 Å². The van der Waals surface area contributed by atoms with E-state index in [4.69, 9.17) is 18.0 Å². The molecule has 1 aliphatic rings. The van der Waals surface area contributed by atoms with E-state index in [1.165, 1.54) is 0 Å². The normalized spacial score (nSPS) is 20.6. The summed E-state index contributed by atoms with van der Waals surface area (Å²) >= 11 is 6.02. The number of hydrogen-bond acceptors (Lipinski definition) is 2. The highest BCUT2D eigenvalue weighted by Gasteiger charge is 2.20. The van der Waals surface area contributed by atoms with Gasteiger partial charge in [0.25, 0.3) is 0 Å². The van der Waals surface area contributed by atoms with Gasteiger partial charge in [0.2, 0.25) is 0 Å². The fourth-order valence-corrected chi connectivity index (χ4v) is 2.09. The number of terminal acetylenes is 1. The van der Waals surface area contributed by atoms with Crippen molar-refractivity contribution >= 4 is 17.3 Å². The number of benzene rings is 1. The lowest BCUT2D eigenvalue weighted by molar-refractivity contribution is 0.539. The molecule has 0 bridgehead atoms. The molecule has 3 heteroatoms. The van der Waals surface area contributed by atoms with Gasteiger partial charge in [-0.05, 0) is 30.7 Å². The lowest BCUT2D eigenvalue weighted by atomic mass is 10.1. The number of hydrogen-bond donors (Lipinski definition) is 1. The largest absolute Gasteiger partial charge is 0.355 e. The van der Waals surface area contributed by atoms with Crippen molar-refractivity contribution in [2.75, 3.05) is 24.5 Å². The highest BCUT2D eigenvalue weighted by molar-refractivity contribution is 6.31. The van der Waals surface area contributed by atoms with Crippen LogP contribution in [-0.2, 0) is 0 Å². The lowest BCUT2D eigenvalue weighted by Gasteiger charge is -2.35. The summed E-state index contributed by atoms with van der Waals surface area (Å²) in [6, 6.07) is 6.19. The van der Waals surface area contributed by atoms with E-state index in [2.05, 4.69) is 22.2 Å². The molecule has 1 heterocycles. The summed E-state index contributed by atoms with van der Waals surface area (Å²) in [5.74, 6) is 2.82. The number of halogens is 1. The maximum atomic E-state index is 6.02. The average molecular weight is 235 g/mol. The second-order valence-electron chi connectivity index (χ2n) is 4.01. The van der Waals surface area contributed by atoms with Crippen molar-refractivity contribution in [1.82, 2.24) is 5.32 Å². The summed E-state index contributed by atoms with van der Waals surface area (Å²) in [7, 11) is 0. The van der Waals surface area contributed by atoms with E-state index in [1.807, 2.05) is 19.1 Å². The molecule has 1 fully saturated rings. The van der Waals surface area contributed by atoms with Gasteiger partial charge in [-0.2, -0.15) is 0 Å². The molecule has 1 aliphatic heterocycles. The Labute approximate surface area is 102 Å². The van der Waals surface area contributed by atoms with Crippen LogP contribution in [0.4, 0.5) is 5.69 Å². The third kappa shape index (κ3) is 2.16. The van der Waals surface area contributed by atoms with Gasteiger partial charge in [0, 0.05) is 30.3 Å². The molecule has 1 atom stereocenters.